The number of carbonyl (C=O) groups is 1. The summed E-state index contributed by atoms with van der Waals surface area (Å²) in [5.41, 5.74) is -2.62. The third kappa shape index (κ3) is 8.53. The maximum absolute atomic E-state index is 15.5. The highest BCUT2D eigenvalue weighted by atomic mass is 35.5. The third-order valence-corrected chi connectivity index (χ3v) is 15.6. The summed E-state index contributed by atoms with van der Waals surface area (Å²) in [4.78, 5) is 18.7. The van der Waals surface area contributed by atoms with Crippen molar-refractivity contribution in [3.63, 3.8) is 0 Å². The Balaban J connectivity index is 1.31. The molecule has 340 valence electrons. The molecule has 0 radical (unpaired) electrons. The first-order valence-electron chi connectivity index (χ1n) is 19.6. The Hall–Kier alpha value is -5.27. The molecule has 1 amide bonds. The number of aromatic nitrogens is 5. The summed E-state index contributed by atoms with van der Waals surface area (Å²) in [5, 5.41) is 9.50. The molecule has 3 atom stereocenters. The summed E-state index contributed by atoms with van der Waals surface area (Å²) in [5.74, 6) is -3.94. The lowest BCUT2D eigenvalue weighted by Gasteiger charge is -2.23. The first-order chi connectivity index (χ1) is 29.9. The number of amides is 1. The highest BCUT2D eigenvalue weighted by Crippen LogP contribution is 2.68. The predicted octanol–water partition coefficient (Wildman–Crippen LogP) is 7.82. The van der Waals surface area contributed by atoms with Gasteiger partial charge in [-0.15, -0.1) is 0 Å². The second kappa shape index (κ2) is 16.0. The molecule has 2 fully saturated rings. The molecule has 3 aliphatic carbocycles. The van der Waals surface area contributed by atoms with Crippen LogP contribution in [0.1, 0.15) is 85.4 Å². The quantitative estimate of drug-likeness (QED) is 0.0843. The van der Waals surface area contributed by atoms with E-state index in [0.29, 0.717) is 23.6 Å². The van der Waals surface area contributed by atoms with Crippen LogP contribution in [0.25, 0.3) is 22.0 Å². The first kappa shape index (κ1) is 45.3. The van der Waals surface area contributed by atoms with Gasteiger partial charge in [0.2, 0.25) is 15.9 Å². The molecule has 0 saturated heterocycles. The van der Waals surface area contributed by atoms with Gasteiger partial charge in [-0.3, -0.25) is 18.9 Å². The molecule has 2 N–H and O–H groups in total. The van der Waals surface area contributed by atoms with Crippen LogP contribution in [0.2, 0.25) is 5.02 Å². The number of pyridine rings is 1. The number of hydrogen-bond donors (Lipinski definition) is 2. The fourth-order valence-corrected chi connectivity index (χ4v) is 9.72. The van der Waals surface area contributed by atoms with Crippen LogP contribution < -0.4 is 10.0 Å². The Labute approximate surface area is 365 Å². The molecule has 2 saturated carbocycles. The Bertz CT molecular complexity index is 3020. The smallest absolute Gasteiger partial charge is 0.293 e. The van der Waals surface area contributed by atoms with Crippen molar-refractivity contribution in [2.75, 3.05) is 11.0 Å². The molecule has 64 heavy (non-hydrogen) atoms. The van der Waals surface area contributed by atoms with Gasteiger partial charge in [-0.25, -0.2) is 48.2 Å². The summed E-state index contributed by atoms with van der Waals surface area (Å²) >= 11 is 6.62. The molecule has 3 heterocycles. The van der Waals surface area contributed by atoms with Crippen LogP contribution in [0.3, 0.4) is 0 Å². The lowest BCUT2D eigenvalue weighted by atomic mass is 9.93. The topological polar surface area (TPSA) is 158 Å². The number of sulfone groups is 1. The van der Waals surface area contributed by atoms with E-state index in [-0.39, 0.29) is 61.8 Å². The van der Waals surface area contributed by atoms with Crippen molar-refractivity contribution in [3.05, 3.63) is 93.0 Å². The Morgan fingerprint density at radius 2 is 1.64 bits per heavy atom. The number of halogens is 9. The normalized spacial score (nSPS) is 18.5. The molecule has 12 nitrogen and oxygen atoms in total. The van der Waals surface area contributed by atoms with Gasteiger partial charge in [0.25, 0.3) is 18.8 Å². The van der Waals surface area contributed by atoms with Crippen LogP contribution in [0.5, 0.6) is 0 Å². The van der Waals surface area contributed by atoms with Crippen LogP contribution in [0.15, 0.2) is 42.5 Å². The summed E-state index contributed by atoms with van der Waals surface area (Å²) in [6, 6.07) is 6.26. The van der Waals surface area contributed by atoms with Crippen molar-refractivity contribution in [2.45, 2.75) is 93.4 Å². The minimum absolute atomic E-state index is 0.00429. The number of anilines is 1. The van der Waals surface area contributed by atoms with Gasteiger partial charge in [0.05, 0.1) is 32.9 Å². The molecular weight excluding hydrogens is 922 g/mol. The maximum atomic E-state index is 15.5. The number of fused-ring (bicyclic) bond motifs is 4. The van der Waals surface area contributed by atoms with Crippen LogP contribution in [-0.2, 0) is 50.1 Å². The zero-order valence-electron chi connectivity index (χ0n) is 33.7. The van der Waals surface area contributed by atoms with Crippen molar-refractivity contribution in [2.24, 2.45) is 5.92 Å². The minimum Gasteiger partial charge on any atom is -0.346 e. The second-order valence-corrected chi connectivity index (χ2v) is 21.5. The molecule has 8 rings (SSSR count). The molecular formula is C41H36ClF8N7O5S2. The minimum atomic E-state index is -4.04. The number of alkyl halides is 6. The molecule has 0 aliphatic heterocycles. The van der Waals surface area contributed by atoms with Gasteiger partial charge in [0.15, 0.2) is 15.7 Å². The number of carbonyl (C=O) groups excluding carboxylic acids is 1. The molecule has 3 aliphatic rings. The number of hydrogen-bond acceptors (Lipinski definition) is 8. The molecule has 0 spiro atoms. The molecule has 23 heteroatoms. The number of nitrogens with zero attached hydrogens (tertiary/aromatic N) is 5. The van der Waals surface area contributed by atoms with Crippen LogP contribution in [0.4, 0.5) is 40.9 Å². The summed E-state index contributed by atoms with van der Waals surface area (Å²) < 4.78 is 170. The number of benzene rings is 2. The standard InChI is InChI=1S/C41H36ClF8N7O5S2/c1-40(2,63(3,59)60)11-10-22-4-7-24(25-8-9-28(42)33-36(25)56(17-30(45)46)54-39(33)55-64(61,62)23-5-6-23)34(51-22)29(14-19-12-20(43)15-21(44)13-19)52-31(58)18-57-37-32(35(53-57)38(47)48)26-16-27(26)41(37,49)50/h4,7-9,12-13,15,23,26-27,29-30,38H,5-6,14,16-18H2,1-3H3,(H,52,58)(H,54,55)/t26?,27-,29+/m1/s1. The van der Waals surface area contributed by atoms with E-state index in [4.69, 9.17) is 11.6 Å². The molecule has 0 bridgehead atoms. The van der Waals surface area contributed by atoms with Gasteiger partial charge in [-0.2, -0.15) is 19.0 Å². The Morgan fingerprint density at radius 1 is 0.969 bits per heavy atom. The fraction of sp³-hybridized carbons (Fsp3) is 0.415. The third-order valence-electron chi connectivity index (χ3n) is 11.5. The van der Waals surface area contributed by atoms with Gasteiger partial charge in [-0.05, 0) is 87.3 Å². The molecule has 1 unspecified atom stereocenters. The first-order valence-corrected chi connectivity index (χ1v) is 23.4. The average Bonchev–Trinajstić information content (AvgIpc) is 4.10. The van der Waals surface area contributed by atoms with E-state index in [0.717, 1.165) is 23.1 Å². The van der Waals surface area contributed by atoms with E-state index < -0.39 is 115 Å². The van der Waals surface area contributed by atoms with Crippen molar-refractivity contribution in [1.82, 2.24) is 29.9 Å². The van der Waals surface area contributed by atoms with Gasteiger partial charge in [0.1, 0.15) is 46.6 Å². The highest BCUT2D eigenvalue weighted by molar-refractivity contribution is 7.93. The Kier molecular flexibility index (Phi) is 11.3. The SMILES string of the molecule is CC(C)(C#Cc1ccc(-c2ccc(Cl)c3c(NS(=O)(=O)C4CC4)nn(CC(F)F)c23)c([C@H](Cc2cc(F)cc(F)c2)NC(=O)Cn2nc(C(F)F)c3c2C(F)(F)[C@@H]2CC32)n1)S(C)(=O)=O. The molecule has 2 aromatic carbocycles. The van der Waals surface area contributed by atoms with E-state index >= 15 is 8.78 Å². The number of sulfonamides is 1. The highest BCUT2D eigenvalue weighted by Gasteiger charge is 2.67. The Morgan fingerprint density at radius 3 is 2.27 bits per heavy atom. The second-order valence-electron chi connectivity index (χ2n) is 16.5. The van der Waals surface area contributed by atoms with Gasteiger partial charge < -0.3 is 5.32 Å². The van der Waals surface area contributed by atoms with Crippen LogP contribution in [0, 0.1) is 29.4 Å². The zero-order chi connectivity index (χ0) is 46.4. The molecule has 5 aromatic rings. The largest absolute Gasteiger partial charge is 0.346 e. The van der Waals surface area contributed by atoms with E-state index in [1.807, 2.05) is 0 Å². The van der Waals surface area contributed by atoms with Crippen molar-refractivity contribution in [1.29, 1.82) is 0 Å². The summed E-state index contributed by atoms with van der Waals surface area (Å²) in [6.07, 6.45) is -5.19. The predicted molar refractivity (Wildman–Crippen MR) is 218 cm³/mol. The van der Waals surface area contributed by atoms with Crippen molar-refractivity contribution >= 4 is 54.1 Å². The average molecular weight is 958 g/mol. The number of nitrogens with one attached hydrogen (secondary N) is 2. The summed E-state index contributed by atoms with van der Waals surface area (Å²) in [6.45, 7) is 0.542. The van der Waals surface area contributed by atoms with Crippen molar-refractivity contribution < 1.29 is 56.8 Å². The van der Waals surface area contributed by atoms with Crippen LogP contribution in [-0.4, -0.2) is 70.0 Å². The van der Waals surface area contributed by atoms with Crippen molar-refractivity contribution in [3.8, 4) is 23.0 Å². The maximum Gasteiger partial charge on any atom is 0.293 e. The summed E-state index contributed by atoms with van der Waals surface area (Å²) in [7, 11) is -7.83. The van der Waals surface area contributed by atoms with Gasteiger partial charge in [0, 0.05) is 34.9 Å². The van der Waals surface area contributed by atoms with E-state index in [1.165, 1.54) is 38.1 Å². The van der Waals surface area contributed by atoms with E-state index in [9.17, 15) is 48.0 Å². The molecule has 3 aromatic heterocycles. The lowest BCUT2D eigenvalue weighted by molar-refractivity contribution is -0.123. The van der Waals surface area contributed by atoms with E-state index in [2.05, 4.69) is 37.1 Å². The monoisotopic (exact) mass is 957 g/mol. The van der Waals surface area contributed by atoms with Gasteiger partial charge >= 0.3 is 0 Å². The zero-order valence-corrected chi connectivity index (χ0v) is 36.1. The lowest BCUT2D eigenvalue weighted by Crippen LogP contribution is -2.35. The van der Waals surface area contributed by atoms with E-state index in [1.54, 1.807) is 0 Å². The fourth-order valence-electron chi connectivity index (χ4n) is 7.91. The van der Waals surface area contributed by atoms with Crippen LogP contribution >= 0.6 is 11.6 Å². The van der Waals surface area contributed by atoms with Gasteiger partial charge in [-0.1, -0.05) is 23.6 Å². The number of rotatable bonds is 14.